The Balaban J connectivity index is 1.70. The minimum atomic E-state index is -2.35. The number of methoxy groups -OCH3 is 3. The third-order valence-corrected chi connectivity index (χ3v) is 15.9. The van der Waals surface area contributed by atoms with Gasteiger partial charge in [0.2, 0.25) is 5.79 Å². The number of carbonyl (C=O) groups excluding carboxylic acids is 4. The monoisotopic (exact) mass is 910 g/mol. The first kappa shape index (κ1) is 54.6. The zero-order valence-corrected chi connectivity index (χ0v) is 42.4. The van der Waals surface area contributed by atoms with E-state index < -0.39 is 53.7 Å². The molecule has 3 heterocycles. The van der Waals surface area contributed by atoms with Gasteiger partial charge in [0.25, 0.3) is 11.7 Å². The van der Waals surface area contributed by atoms with Gasteiger partial charge < -0.3 is 33.7 Å². The fourth-order valence-corrected chi connectivity index (χ4v) is 10.9. The summed E-state index contributed by atoms with van der Waals surface area (Å²) in [6, 6.07) is -0.962. The van der Waals surface area contributed by atoms with Crippen molar-refractivity contribution in [1.82, 2.24) is 4.90 Å². The van der Waals surface area contributed by atoms with Crippen molar-refractivity contribution in [1.29, 1.82) is 0 Å². The maximum atomic E-state index is 14.5. The van der Waals surface area contributed by atoms with Crippen LogP contribution in [0.4, 0.5) is 0 Å². The number of Topliss-reactive ketones (excluding diaryl/α,β-unsaturated/α-hetero) is 2. The zero-order chi connectivity index (χ0) is 48.2. The Bertz CT molecular complexity index is 1700. The first-order valence-electron chi connectivity index (χ1n) is 25.0. The molecule has 2 bridgehead atoms. The van der Waals surface area contributed by atoms with Gasteiger partial charge in [0.05, 0.1) is 18.3 Å². The van der Waals surface area contributed by atoms with E-state index in [4.69, 9.17) is 23.7 Å². The maximum Gasteiger partial charge on any atom is 0.329 e. The molecule has 1 saturated carbocycles. The Kier molecular flexibility index (Phi) is 21.4. The lowest BCUT2D eigenvalue weighted by molar-refractivity contribution is -0.265. The molecular weight excluding hydrogens is 823 g/mol. The Morgan fingerprint density at radius 3 is 2.20 bits per heavy atom. The Morgan fingerprint density at radius 1 is 0.800 bits per heavy atom. The summed E-state index contributed by atoms with van der Waals surface area (Å²) in [7, 11) is 5.03. The van der Waals surface area contributed by atoms with E-state index in [9.17, 15) is 24.3 Å². The lowest BCUT2D eigenvalue weighted by atomic mass is 9.75. The summed E-state index contributed by atoms with van der Waals surface area (Å²) in [5, 5.41) is 12.0. The number of hydrogen-bond acceptors (Lipinski definition) is 10. The maximum absolute atomic E-state index is 14.5. The standard InChI is InChI=1S/C54H87NO10/c1-33-19-15-14-16-20-34(2)47(62-12)32-44-25-23-41(9)54(60,65-44)51(57)52(58)55-26-18-17-21-45(55)53(59)64-48(39(7)29-43-24-22-35(3)46(31-43)61-11)30-37(5)36(4)28-38(6)42(10)50(63-13)49(56)40(8)27-33/h14-16,19-20,28,33,35-37,39-48,50,60H,17-18,21-27,29-32H2,1-13H3/b16-14+,19-15+,34-20+,38-28+/t33-,35-,36-,37+,39-,40-,41-,42-,43+,44?,45+,46-,47+,48+,50-,54-/m1/s1. The Labute approximate surface area is 392 Å². The number of esters is 1. The molecule has 0 radical (unpaired) electrons. The number of rotatable bonds is 6. The molecular formula is C54H87NO10. The van der Waals surface area contributed by atoms with Crippen molar-refractivity contribution in [3.63, 3.8) is 0 Å². The quantitative estimate of drug-likeness (QED) is 0.156. The van der Waals surface area contributed by atoms with Gasteiger partial charge in [-0.1, -0.05) is 97.4 Å². The molecule has 0 aromatic carbocycles. The molecule has 11 nitrogen and oxygen atoms in total. The SMILES string of the molecule is CO[C@H]1CC2CC[C@@H](C)[C@@](O)(O2)C(=O)C(=O)N2CCCC[C@H]2C(=O)O[C@H]([C@H](C)C[C@@H]2CC[C@@H](C)[C@H](OC)C2)C[C@H](C)[C@H](C)/C=C(\C)[C@@H](C)[C@@H](OC)C(=O)[C@H](C)C[C@H](C)/C=C/C=C/C=C/1C. The number of carbonyl (C=O) groups is 4. The second kappa shape index (κ2) is 25.4. The van der Waals surface area contributed by atoms with Gasteiger partial charge in [-0.05, 0) is 126 Å². The largest absolute Gasteiger partial charge is 0.461 e. The molecule has 65 heavy (non-hydrogen) atoms. The number of amides is 1. The highest BCUT2D eigenvalue weighted by atomic mass is 16.6. The minimum absolute atomic E-state index is 0.0149. The van der Waals surface area contributed by atoms with E-state index in [1.54, 1.807) is 28.3 Å². The van der Waals surface area contributed by atoms with Crippen molar-refractivity contribution in [3.8, 4) is 0 Å². The second-order valence-corrected chi connectivity index (χ2v) is 21.0. The highest BCUT2D eigenvalue weighted by Crippen LogP contribution is 2.39. The van der Waals surface area contributed by atoms with Crippen LogP contribution in [0.3, 0.4) is 0 Å². The van der Waals surface area contributed by atoms with Gasteiger partial charge in [0.1, 0.15) is 18.2 Å². The van der Waals surface area contributed by atoms with Crippen LogP contribution in [0.25, 0.3) is 0 Å². The first-order chi connectivity index (χ1) is 30.7. The van der Waals surface area contributed by atoms with Gasteiger partial charge in [-0.2, -0.15) is 0 Å². The fraction of sp³-hybridized carbons (Fsp3) is 0.778. The summed E-state index contributed by atoms with van der Waals surface area (Å²) < 4.78 is 30.5. The molecule has 1 aliphatic carbocycles. The summed E-state index contributed by atoms with van der Waals surface area (Å²) in [4.78, 5) is 58.4. The molecule has 11 heteroatoms. The zero-order valence-electron chi connectivity index (χ0n) is 42.4. The molecule has 0 aromatic rings. The smallest absolute Gasteiger partial charge is 0.329 e. The molecule has 0 spiro atoms. The van der Waals surface area contributed by atoms with Crippen molar-refractivity contribution in [2.45, 2.75) is 189 Å². The average molecular weight is 910 g/mol. The van der Waals surface area contributed by atoms with Crippen LogP contribution in [0.15, 0.2) is 47.6 Å². The molecule has 4 rings (SSSR count). The van der Waals surface area contributed by atoms with Crippen molar-refractivity contribution < 1.29 is 48.0 Å². The molecule has 3 aliphatic heterocycles. The first-order valence-corrected chi connectivity index (χ1v) is 25.0. The molecule has 2 saturated heterocycles. The summed E-state index contributed by atoms with van der Waals surface area (Å²) in [6.07, 6.45) is 18.8. The number of hydrogen-bond donors (Lipinski definition) is 1. The van der Waals surface area contributed by atoms with Crippen LogP contribution in [0.5, 0.6) is 0 Å². The Hall–Kier alpha value is -2.96. The third-order valence-electron chi connectivity index (χ3n) is 15.9. The van der Waals surface area contributed by atoms with E-state index in [2.05, 4.69) is 60.6 Å². The van der Waals surface area contributed by atoms with Crippen LogP contribution in [-0.4, -0.2) is 104 Å². The van der Waals surface area contributed by atoms with E-state index in [1.807, 2.05) is 38.2 Å². The van der Waals surface area contributed by atoms with E-state index in [0.717, 1.165) is 36.8 Å². The van der Waals surface area contributed by atoms with Crippen LogP contribution in [0, 0.1) is 53.3 Å². The van der Waals surface area contributed by atoms with Crippen molar-refractivity contribution in [2.75, 3.05) is 27.9 Å². The highest BCUT2D eigenvalue weighted by molar-refractivity contribution is 6.39. The average Bonchev–Trinajstić information content (AvgIpc) is 3.28. The lowest BCUT2D eigenvalue weighted by Crippen LogP contribution is -2.61. The van der Waals surface area contributed by atoms with Crippen LogP contribution in [0.1, 0.15) is 146 Å². The number of fused-ring (bicyclic) bond motifs is 3. The number of ether oxygens (including phenoxy) is 5. The molecule has 1 amide bonds. The van der Waals surface area contributed by atoms with Gasteiger partial charge >= 0.3 is 5.97 Å². The predicted octanol–water partition coefficient (Wildman–Crippen LogP) is 9.80. The molecule has 1 N–H and O–H groups in total. The number of piperidine rings is 1. The van der Waals surface area contributed by atoms with Gasteiger partial charge in [-0.25, -0.2) is 4.79 Å². The number of cyclic esters (lactones) is 1. The lowest BCUT2D eigenvalue weighted by Gasteiger charge is -2.43. The van der Waals surface area contributed by atoms with Crippen LogP contribution in [-0.2, 0) is 42.9 Å². The van der Waals surface area contributed by atoms with Crippen molar-refractivity contribution in [2.24, 2.45) is 53.3 Å². The third kappa shape index (κ3) is 14.5. The van der Waals surface area contributed by atoms with Gasteiger partial charge in [0, 0.05) is 52.0 Å². The highest BCUT2D eigenvalue weighted by Gasteiger charge is 2.53. The predicted molar refractivity (Wildman–Crippen MR) is 256 cm³/mol. The summed E-state index contributed by atoms with van der Waals surface area (Å²) in [5.74, 6) is -4.44. The normalized spacial score (nSPS) is 41.5. The number of allylic oxidation sites excluding steroid dienone is 6. The van der Waals surface area contributed by atoms with Crippen molar-refractivity contribution in [3.05, 3.63) is 47.6 Å². The number of nitrogens with zero attached hydrogens (tertiary/aromatic N) is 1. The van der Waals surface area contributed by atoms with Crippen LogP contribution >= 0.6 is 0 Å². The van der Waals surface area contributed by atoms with E-state index in [1.165, 1.54) is 4.90 Å². The number of aliphatic hydroxyl groups is 1. The Morgan fingerprint density at radius 2 is 1.52 bits per heavy atom. The van der Waals surface area contributed by atoms with Gasteiger partial charge in [0.15, 0.2) is 5.78 Å². The van der Waals surface area contributed by atoms with Crippen LogP contribution < -0.4 is 0 Å². The van der Waals surface area contributed by atoms with E-state index in [0.29, 0.717) is 63.2 Å². The molecule has 1 unspecified atom stereocenters. The second-order valence-electron chi connectivity index (χ2n) is 21.0. The number of ketones is 2. The van der Waals surface area contributed by atoms with E-state index >= 15 is 0 Å². The topological polar surface area (TPSA) is 138 Å². The van der Waals surface area contributed by atoms with Gasteiger partial charge in [-0.15, -0.1) is 0 Å². The van der Waals surface area contributed by atoms with Crippen molar-refractivity contribution >= 4 is 23.4 Å². The minimum Gasteiger partial charge on any atom is -0.461 e. The fourth-order valence-electron chi connectivity index (χ4n) is 10.9. The van der Waals surface area contributed by atoms with E-state index in [-0.39, 0.29) is 60.0 Å². The molecule has 368 valence electrons. The molecule has 0 aromatic heterocycles. The molecule has 16 atom stereocenters. The summed E-state index contributed by atoms with van der Waals surface area (Å²) in [5.41, 5.74) is 2.01. The molecule has 3 fully saturated rings. The van der Waals surface area contributed by atoms with Gasteiger partial charge in [-0.3, -0.25) is 14.4 Å². The summed E-state index contributed by atoms with van der Waals surface area (Å²) in [6.45, 7) is 20.9. The molecule has 4 aliphatic rings. The van der Waals surface area contributed by atoms with Crippen LogP contribution in [0.2, 0.25) is 0 Å². The summed E-state index contributed by atoms with van der Waals surface area (Å²) >= 11 is 0.